The molecule has 1 aliphatic rings. The van der Waals surface area contributed by atoms with Gasteiger partial charge in [0, 0.05) is 5.39 Å². The lowest BCUT2D eigenvalue weighted by atomic mass is 9.88. The number of rotatable bonds is 2. The highest BCUT2D eigenvalue weighted by Gasteiger charge is 2.17. The Morgan fingerprint density at radius 3 is 2.53 bits per heavy atom. The van der Waals surface area contributed by atoms with Crippen LogP contribution in [0, 0.1) is 5.82 Å². The molecule has 0 heterocycles. The molecule has 1 unspecified atom stereocenters. The first-order valence-corrected chi connectivity index (χ1v) is 6.89. The minimum absolute atomic E-state index is 0.106. The molecular formula is C17H18FN. The van der Waals surface area contributed by atoms with Crippen LogP contribution in [0.1, 0.15) is 37.3 Å². The fraction of sp³-hybridized carbons (Fsp3) is 0.294. The minimum Gasteiger partial charge on any atom is -0.321 e. The van der Waals surface area contributed by atoms with Gasteiger partial charge in [0.2, 0.25) is 0 Å². The maximum atomic E-state index is 13.8. The van der Waals surface area contributed by atoms with Gasteiger partial charge in [0.25, 0.3) is 0 Å². The van der Waals surface area contributed by atoms with Gasteiger partial charge in [-0.15, -0.1) is 0 Å². The molecule has 2 aromatic carbocycles. The molecule has 98 valence electrons. The minimum atomic E-state index is -0.177. The standard InChI is InChI=1S/C17H18FN/c18-16-11-10-15(13-8-4-5-9-14(13)16)17(19)12-6-2-1-3-7-12/h4-6,8-11,17H,1-3,7,19H2. The summed E-state index contributed by atoms with van der Waals surface area (Å²) in [6, 6.07) is 10.8. The quantitative estimate of drug-likeness (QED) is 0.787. The van der Waals surface area contributed by atoms with Crippen molar-refractivity contribution in [1.82, 2.24) is 0 Å². The first kappa shape index (κ1) is 12.4. The van der Waals surface area contributed by atoms with Crippen LogP contribution < -0.4 is 5.73 Å². The predicted octanol–water partition coefficient (Wildman–Crippen LogP) is 4.48. The summed E-state index contributed by atoms with van der Waals surface area (Å²) in [5.41, 5.74) is 8.72. The molecule has 0 spiro atoms. The second-order valence-corrected chi connectivity index (χ2v) is 5.18. The number of nitrogens with two attached hydrogens (primary N) is 1. The van der Waals surface area contributed by atoms with Crippen LogP contribution in [0.3, 0.4) is 0 Å². The third-order valence-corrected chi connectivity index (χ3v) is 3.97. The van der Waals surface area contributed by atoms with Crippen molar-refractivity contribution in [3.8, 4) is 0 Å². The largest absolute Gasteiger partial charge is 0.321 e. The third kappa shape index (κ3) is 2.28. The molecule has 0 saturated heterocycles. The van der Waals surface area contributed by atoms with E-state index in [0.29, 0.717) is 5.39 Å². The van der Waals surface area contributed by atoms with Crippen LogP contribution in [-0.4, -0.2) is 0 Å². The van der Waals surface area contributed by atoms with Crippen molar-refractivity contribution in [1.29, 1.82) is 0 Å². The zero-order valence-corrected chi connectivity index (χ0v) is 10.9. The number of benzene rings is 2. The van der Waals surface area contributed by atoms with E-state index in [4.69, 9.17) is 5.73 Å². The van der Waals surface area contributed by atoms with Gasteiger partial charge in [-0.1, -0.05) is 42.0 Å². The monoisotopic (exact) mass is 255 g/mol. The van der Waals surface area contributed by atoms with Crippen LogP contribution in [-0.2, 0) is 0 Å². The van der Waals surface area contributed by atoms with Crippen molar-refractivity contribution in [3.05, 3.63) is 59.4 Å². The summed E-state index contributed by atoms with van der Waals surface area (Å²) in [6.07, 6.45) is 6.89. The molecule has 0 fully saturated rings. The summed E-state index contributed by atoms with van der Waals surface area (Å²) in [5.74, 6) is -0.177. The number of hydrogen-bond donors (Lipinski definition) is 1. The van der Waals surface area contributed by atoms with Crippen LogP contribution >= 0.6 is 0 Å². The number of hydrogen-bond acceptors (Lipinski definition) is 1. The highest BCUT2D eigenvalue weighted by molar-refractivity contribution is 5.87. The van der Waals surface area contributed by atoms with E-state index in [1.807, 2.05) is 30.3 Å². The smallest absolute Gasteiger partial charge is 0.131 e. The molecule has 0 saturated carbocycles. The summed E-state index contributed by atoms with van der Waals surface area (Å²) < 4.78 is 13.8. The van der Waals surface area contributed by atoms with E-state index in [9.17, 15) is 4.39 Å². The molecule has 1 atom stereocenters. The maximum Gasteiger partial charge on any atom is 0.131 e. The Morgan fingerprint density at radius 1 is 1.00 bits per heavy atom. The van der Waals surface area contributed by atoms with E-state index >= 15 is 0 Å². The maximum absolute atomic E-state index is 13.8. The van der Waals surface area contributed by atoms with Crippen molar-refractivity contribution in [2.75, 3.05) is 0 Å². The van der Waals surface area contributed by atoms with Crippen LogP contribution in [0.15, 0.2) is 48.0 Å². The summed E-state index contributed by atoms with van der Waals surface area (Å²) in [4.78, 5) is 0. The summed E-state index contributed by atoms with van der Waals surface area (Å²) in [5, 5.41) is 1.59. The SMILES string of the molecule is NC(C1=CCCCC1)c1ccc(F)c2ccccc12. The van der Waals surface area contributed by atoms with Crippen LogP contribution in [0.25, 0.3) is 10.8 Å². The molecule has 19 heavy (non-hydrogen) atoms. The lowest BCUT2D eigenvalue weighted by molar-refractivity contribution is 0.635. The van der Waals surface area contributed by atoms with Crippen molar-refractivity contribution in [2.45, 2.75) is 31.7 Å². The van der Waals surface area contributed by atoms with Crippen LogP contribution in [0.2, 0.25) is 0 Å². The van der Waals surface area contributed by atoms with Crippen LogP contribution in [0.5, 0.6) is 0 Å². The summed E-state index contributed by atoms with van der Waals surface area (Å²) in [6.45, 7) is 0. The molecule has 1 nitrogen and oxygen atoms in total. The first-order valence-electron chi connectivity index (χ1n) is 6.89. The van der Waals surface area contributed by atoms with Crippen molar-refractivity contribution >= 4 is 10.8 Å². The molecule has 0 radical (unpaired) electrons. The van der Waals surface area contributed by atoms with Gasteiger partial charge in [-0.2, -0.15) is 0 Å². The second kappa shape index (κ2) is 5.14. The fourth-order valence-corrected chi connectivity index (χ4v) is 2.90. The number of fused-ring (bicyclic) bond motifs is 1. The third-order valence-electron chi connectivity index (χ3n) is 3.97. The Morgan fingerprint density at radius 2 is 1.79 bits per heavy atom. The number of allylic oxidation sites excluding steroid dienone is 1. The Hall–Kier alpha value is -1.67. The van der Waals surface area contributed by atoms with Crippen molar-refractivity contribution in [2.24, 2.45) is 5.73 Å². The summed E-state index contributed by atoms with van der Waals surface area (Å²) >= 11 is 0. The zero-order valence-electron chi connectivity index (χ0n) is 10.9. The van der Waals surface area contributed by atoms with Gasteiger partial charge in [-0.05, 0) is 42.7 Å². The van der Waals surface area contributed by atoms with E-state index in [0.717, 1.165) is 23.8 Å². The highest BCUT2D eigenvalue weighted by atomic mass is 19.1. The molecule has 0 bridgehead atoms. The van der Waals surface area contributed by atoms with Crippen LogP contribution in [0.4, 0.5) is 4.39 Å². The van der Waals surface area contributed by atoms with Gasteiger partial charge in [0.1, 0.15) is 5.82 Å². The average molecular weight is 255 g/mol. The van der Waals surface area contributed by atoms with Gasteiger partial charge in [0.15, 0.2) is 0 Å². The topological polar surface area (TPSA) is 26.0 Å². The average Bonchev–Trinajstić information content (AvgIpc) is 2.48. The van der Waals surface area contributed by atoms with Gasteiger partial charge in [-0.25, -0.2) is 4.39 Å². The fourth-order valence-electron chi connectivity index (χ4n) is 2.90. The molecule has 2 N–H and O–H groups in total. The lowest BCUT2D eigenvalue weighted by Gasteiger charge is -2.21. The van der Waals surface area contributed by atoms with Gasteiger partial charge < -0.3 is 5.73 Å². The number of halogens is 1. The zero-order chi connectivity index (χ0) is 13.2. The van der Waals surface area contributed by atoms with Gasteiger partial charge in [0.05, 0.1) is 6.04 Å². The second-order valence-electron chi connectivity index (χ2n) is 5.18. The van der Waals surface area contributed by atoms with Gasteiger partial charge >= 0.3 is 0 Å². The van der Waals surface area contributed by atoms with Crippen molar-refractivity contribution < 1.29 is 4.39 Å². The summed E-state index contributed by atoms with van der Waals surface area (Å²) in [7, 11) is 0. The molecular weight excluding hydrogens is 237 g/mol. The predicted molar refractivity (Wildman–Crippen MR) is 77.4 cm³/mol. The molecule has 2 aromatic rings. The molecule has 2 heteroatoms. The van der Waals surface area contributed by atoms with E-state index < -0.39 is 0 Å². The van der Waals surface area contributed by atoms with E-state index in [-0.39, 0.29) is 11.9 Å². The Kier molecular flexibility index (Phi) is 3.34. The normalized spacial score (nSPS) is 17.3. The Labute approximate surface area is 112 Å². The Bertz CT molecular complexity index is 630. The van der Waals surface area contributed by atoms with E-state index in [2.05, 4.69) is 6.08 Å². The van der Waals surface area contributed by atoms with E-state index in [1.165, 1.54) is 24.5 Å². The van der Waals surface area contributed by atoms with E-state index in [1.54, 1.807) is 0 Å². The Balaban J connectivity index is 2.10. The molecule has 0 amide bonds. The molecule has 0 aliphatic heterocycles. The first-order chi connectivity index (χ1) is 9.27. The molecule has 1 aliphatic carbocycles. The van der Waals surface area contributed by atoms with Crippen molar-refractivity contribution in [3.63, 3.8) is 0 Å². The highest BCUT2D eigenvalue weighted by Crippen LogP contribution is 2.32. The van der Waals surface area contributed by atoms with Gasteiger partial charge in [-0.3, -0.25) is 0 Å². The lowest BCUT2D eigenvalue weighted by Crippen LogP contribution is -2.15. The molecule has 0 aromatic heterocycles. The molecule has 3 rings (SSSR count).